The molecule has 1 unspecified atom stereocenters. The van der Waals surface area contributed by atoms with E-state index in [1.54, 1.807) is 11.0 Å². The summed E-state index contributed by atoms with van der Waals surface area (Å²) in [7, 11) is 0. The van der Waals surface area contributed by atoms with Crippen molar-refractivity contribution in [2.24, 2.45) is 0 Å². The van der Waals surface area contributed by atoms with Crippen molar-refractivity contribution < 1.29 is 0 Å². The van der Waals surface area contributed by atoms with Crippen LogP contribution in [0.4, 0.5) is 0 Å². The van der Waals surface area contributed by atoms with E-state index in [-0.39, 0.29) is 30.9 Å². The van der Waals surface area contributed by atoms with Gasteiger partial charge in [-0.15, -0.1) is 24.8 Å². The maximum atomic E-state index is 4.75. The molecule has 0 fully saturated rings. The van der Waals surface area contributed by atoms with Gasteiger partial charge >= 0.3 is 0 Å². The molecule has 4 aromatic rings. The fourth-order valence-electron chi connectivity index (χ4n) is 3.53. The lowest BCUT2D eigenvalue weighted by atomic mass is 10.1. The average Bonchev–Trinajstić information content (AvgIpc) is 3.47. The van der Waals surface area contributed by atoms with Crippen LogP contribution in [0.1, 0.15) is 24.2 Å². The summed E-state index contributed by atoms with van der Waals surface area (Å²) in [6.07, 6.45) is 7.09. The topological polar surface area (TPSA) is 78.4 Å². The zero-order valence-electron chi connectivity index (χ0n) is 15.8. The second-order valence-electron chi connectivity index (χ2n) is 6.69. The van der Waals surface area contributed by atoms with Crippen LogP contribution in [0.2, 0.25) is 0 Å². The number of hydrogen-bond acceptors (Lipinski definition) is 5. The van der Waals surface area contributed by atoms with E-state index in [4.69, 9.17) is 5.10 Å². The van der Waals surface area contributed by atoms with Crippen LogP contribution < -0.4 is 5.32 Å². The third kappa shape index (κ3) is 3.91. The van der Waals surface area contributed by atoms with E-state index in [1.807, 2.05) is 12.4 Å². The zero-order chi connectivity index (χ0) is 18.2. The molecule has 152 valence electrons. The van der Waals surface area contributed by atoms with Crippen molar-refractivity contribution in [3.05, 3.63) is 66.6 Å². The highest BCUT2D eigenvalue weighted by Crippen LogP contribution is 2.26. The van der Waals surface area contributed by atoms with Crippen molar-refractivity contribution >= 4 is 24.8 Å². The molecule has 4 heterocycles. The van der Waals surface area contributed by atoms with Gasteiger partial charge in [0, 0.05) is 25.5 Å². The van der Waals surface area contributed by atoms with Gasteiger partial charge in [-0.3, -0.25) is 4.68 Å². The van der Waals surface area contributed by atoms with Gasteiger partial charge in [0.2, 0.25) is 0 Å². The van der Waals surface area contributed by atoms with Gasteiger partial charge in [0.05, 0.1) is 24.0 Å². The van der Waals surface area contributed by atoms with Gasteiger partial charge in [-0.25, -0.2) is 14.6 Å². The molecule has 5 rings (SSSR count). The number of hydrogen-bond donors (Lipinski definition) is 1. The molecule has 1 aliphatic rings. The number of fused-ring (bicyclic) bond motifs is 1. The molecule has 29 heavy (non-hydrogen) atoms. The summed E-state index contributed by atoms with van der Waals surface area (Å²) in [5.74, 6) is 0.893. The van der Waals surface area contributed by atoms with Crippen LogP contribution in [0.5, 0.6) is 0 Å². The molecule has 1 N–H and O–H groups in total. The highest BCUT2D eigenvalue weighted by Gasteiger charge is 2.19. The normalized spacial score (nSPS) is 13.8. The minimum Gasteiger partial charge on any atom is -0.322 e. The summed E-state index contributed by atoms with van der Waals surface area (Å²) in [4.78, 5) is 8.57. The minimum atomic E-state index is 0. The number of rotatable bonds is 4. The van der Waals surface area contributed by atoms with Crippen molar-refractivity contribution in [1.29, 1.82) is 0 Å². The first-order valence-electron chi connectivity index (χ1n) is 9.05. The van der Waals surface area contributed by atoms with Gasteiger partial charge < -0.3 is 9.88 Å². The smallest absolute Gasteiger partial charge is 0.161 e. The summed E-state index contributed by atoms with van der Waals surface area (Å²) in [5, 5.41) is 12.3. The Hall–Kier alpha value is -2.68. The lowest BCUT2D eigenvalue weighted by Crippen LogP contribution is -2.28. The molecule has 0 spiro atoms. The Morgan fingerprint density at radius 3 is 2.69 bits per heavy atom. The van der Waals surface area contributed by atoms with Gasteiger partial charge in [-0.05, 0) is 30.7 Å². The van der Waals surface area contributed by atoms with Crippen molar-refractivity contribution in [2.75, 3.05) is 6.54 Å². The molecule has 0 saturated carbocycles. The first kappa shape index (κ1) is 21.0. The fourth-order valence-corrected chi connectivity index (χ4v) is 3.53. The van der Waals surface area contributed by atoms with Crippen LogP contribution in [-0.2, 0) is 13.1 Å². The van der Waals surface area contributed by atoms with E-state index >= 15 is 0 Å². The average molecular weight is 433 g/mol. The van der Waals surface area contributed by atoms with Gasteiger partial charge in [-0.1, -0.05) is 12.1 Å². The summed E-state index contributed by atoms with van der Waals surface area (Å²) in [6, 6.07) is 10.6. The Labute approximate surface area is 180 Å². The zero-order valence-corrected chi connectivity index (χ0v) is 17.5. The van der Waals surface area contributed by atoms with Crippen molar-refractivity contribution in [2.45, 2.75) is 26.1 Å². The molecule has 0 bridgehead atoms. The first-order valence-corrected chi connectivity index (χ1v) is 9.05. The molecule has 0 amide bonds. The van der Waals surface area contributed by atoms with Crippen LogP contribution in [0.15, 0.2) is 55.4 Å². The summed E-state index contributed by atoms with van der Waals surface area (Å²) in [6.45, 7) is 4.88. The Kier molecular flexibility index (Phi) is 6.36. The molecule has 3 aromatic heterocycles. The minimum absolute atomic E-state index is 0. The summed E-state index contributed by atoms with van der Waals surface area (Å²) in [5.41, 5.74) is 4.31. The molecule has 10 heteroatoms. The van der Waals surface area contributed by atoms with Gasteiger partial charge in [0.15, 0.2) is 5.82 Å². The predicted octanol–water partition coefficient (Wildman–Crippen LogP) is 2.88. The maximum Gasteiger partial charge on any atom is 0.161 e. The highest BCUT2D eigenvalue weighted by molar-refractivity contribution is 5.85. The molecule has 0 saturated heterocycles. The van der Waals surface area contributed by atoms with E-state index in [0.717, 1.165) is 36.8 Å². The second kappa shape index (κ2) is 8.77. The van der Waals surface area contributed by atoms with Gasteiger partial charge in [-0.2, -0.15) is 10.2 Å². The third-order valence-electron chi connectivity index (χ3n) is 5.04. The standard InChI is InChI=1S/C19H20N8.2ClH/c1-14(15-2-4-16(5-3-15)27-13-21-12-23-27)25-8-7-22-19(25)18-10-17-11-20-6-9-26(17)24-18;;/h2-5,7-8,10,12-14,20H,6,9,11H2,1H3;2*1H. The molecular weight excluding hydrogens is 411 g/mol. The monoisotopic (exact) mass is 432 g/mol. The number of imidazole rings is 1. The quantitative estimate of drug-likeness (QED) is 0.536. The fraction of sp³-hybridized carbons (Fsp3) is 0.263. The largest absolute Gasteiger partial charge is 0.322 e. The predicted molar refractivity (Wildman–Crippen MR) is 115 cm³/mol. The molecule has 1 aliphatic heterocycles. The van der Waals surface area contributed by atoms with E-state index in [1.165, 1.54) is 17.6 Å². The van der Waals surface area contributed by atoms with Gasteiger partial charge in [0.1, 0.15) is 18.3 Å². The Balaban J connectivity index is 0.00000120. The lowest BCUT2D eigenvalue weighted by molar-refractivity contribution is 0.476. The van der Waals surface area contributed by atoms with Gasteiger partial charge in [0.25, 0.3) is 0 Å². The number of halogens is 2. The second-order valence-corrected chi connectivity index (χ2v) is 6.69. The van der Waals surface area contributed by atoms with Crippen molar-refractivity contribution in [3.63, 3.8) is 0 Å². The lowest BCUT2D eigenvalue weighted by Gasteiger charge is -2.16. The van der Waals surface area contributed by atoms with Crippen LogP contribution in [0.25, 0.3) is 17.2 Å². The Bertz CT molecular complexity index is 1030. The molecule has 8 nitrogen and oxygen atoms in total. The van der Waals surface area contributed by atoms with Crippen LogP contribution in [-0.4, -0.2) is 40.6 Å². The number of nitrogens with zero attached hydrogens (tertiary/aromatic N) is 7. The SMILES string of the molecule is CC(c1ccc(-n2cncn2)cc1)n1ccnc1-c1cc2n(n1)CCNC2.Cl.Cl. The van der Waals surface area contributed by atoms with E-state index < -0.39 is 0 Å². The molecule has 0 aliphatic carbocycles. The summed E-state index contributed by atoms with van der Waals surface area (Å²) < 4.78 is 6.00. The molecule has 1 aromatic carbocycles. The van der Waals surface area contributed by atoms with Crippen molar-refractivity contribution in [3.8, 4) is 17.2 Å². The number of benzene rings is 1. The Morgan fingerprint density at radius 2 is 1.97 bits per heavy atom. The summed E-state index contributed by atoms with van der Waals surface area (Å²) >= 11 is 0. The molecule has 1 atom stereocenters. The van der Waals surface area contributed by atoms with Crippen molar-refractivity contribution in [1.82, 2.24) is 39.4 Å². The first-order chi connectivity index (χ1) is 13.3. The van der Waals surface area contributed by atoms with Crippen LogP contribution >= 0.6 is 24.8 Å². The third-order valence-corrected chi connectivity index (χ3v) is 5.04. The van der Waals surface area contributed by atoms with E-state index in [9.17, 15) is 0 Å². The van der Waals surface area contributed by atoms with E-state index in [0.29, 0.717) is 0 Å². The van der Waals surface area contributed by atoms with Crippen LogP contribution in [0.3, 0.4) is 0 Å². The highest BCUT2D eigenvalue weighted by atomic mass is 35.5. The molecular formula is C19H22Cl2N8. The number of nitrogens with one attached hydrogen (secondary N) is 1. The Morgan fingerprint density at radius 1 is 1.14 bits per heavy atom. The number of aromatic nitrogens is 7. The van der Waals surface area contributed by atoms with E-state index in [2.05, 4.69) is 66.9 Å². The molecule has 0 radical (unpaired) electrons. The van der Waals surface area contributed by atoms with Crippen LogP contribution in [0, 0.1) is 0 Å². The maximum absolute atomic E-state index is 4.75.